The number of methoxy groups -OCH3 is 1. The van der Waals surface area contributed by atoms with Crippen LogP contribution in [0.15, 0.2) is 54.6 Å². The molecule has 0 aliphatic rings. The molecule has 1 N–H and O–H groups in total. The zero-order valence-electron chi connectivity index (χ0n) is 15.1. The van der Waals surface area contributed by atoms with Crippen molar-refractivity contribution >= 4 is 0 Å². The van der Waals surface area contributed by atoms with E-state index >= 15 is 0 Å². The lowest BCUT2D eigenvalue weighted by Gasteiger charge is -2.09. The van der Waals surface area contributed by atoms with Crippen molar-refractivity contribution in [3.8, 4) is 11.5 Å². The fraction of sp³-hybridized carbons (Fsp3) is 0.429. The number of benzene rings is 2. The Labute approximate surface area is 151 Å². The average Bonchev–Trinajstić information content (AvgIpc) is 2.67. The Balaban J connectivity index is 1.54. The molecule has 0 saturated carbocycles. The van der Waals surface area contributed by atoms with Crippen LogP contribution < -0.4 is 14.8 Å². The van der Waals surface area contributed by atoms with Crippen molar-refractivity contribution in [2.24, 2.45) is 0 Å². The highest BCUT2D eigenvalue weighted by atomic mass is 16.5. The summed E-state index contributed by atoms with van der Waals surface area (Å²) in [7, 11) is 1.74. The van der Waals surface area contributed by atoms with E-state index in [-0.39, 0.29) is 0 Å². The van der Waals surface area contributed by atoms with Gasteiger partial charge in [0, 0.05) is 13.7 Å². The van der Waals surface area contributed by atoms with Gasteiger partial charge in [-0.2, -0.15) is 0 Å². The summed E-state index contributed by atoms with van der Waals surface area (Å²) in [6.07, 6.45) is 3.22. The van der Waals surface area contributed by atoms with Gasteiger partial charge in [-0.1, -0.05) is 30.3 Å². The molecule has 0 aromatic heterocycles. The molecular formula is C21H29NO3. The summed E-state index contributed by atoms with van der Waals surface area (Å²) in [5.41, 5.74) is 1.17. The van der Waals surface area contributed by atoms with Crippen LogP contribution in [0, 0.1) is 0 Å². The van der Waals surface area contributed by atoms with E-state index in [9.17, 15) is 0 Å². The first-order valence-electron chi connectivity index (χ1n) is 8.98. The number of nitrogens with one attached hydrogen (secondary N) is 1. The topological polar surface area (TPSA) is 39.7 Å². The minimum Gasteiger partial charge on any atom is -0.494 e. The van der Waals surface area contributed by atoms with Gasteiger partial charge in [-0.3, -0.25) is 0 Å². The largest absolute Gasteiger partial charge is 0.494 e. The fourth-order valence-corrected chi connectivity index (χ4v) is 2.38. The van der Waals surface area contributed by atoms with Gasteiger partial charge in [-0.25, -0.2) is 0 Å². The molecule has 2 aromatic carbocycles. The zero-order valence-corrected chi connectivity index (χ0v) is 15.1. The van der Waals surface area contributed by atoms with E-state index in [1.165, 1.54) is 5.56 Å². The molecule has 0 aliphatic heterocycles. The third-order valence-electron chi connectivity index (χ3n) is 3.79. The van der Waals surface area contributed by atoms with E-state index in [0.717, 1.165) is 57.1 Å². The second kappa shape index (κ2) is 12.3. The van der Waals surface area contributed by atoms with E-state index in [1.54, 1.807) is 7.11 Å². The molecule has 0 unspecified atom stereocenters. The van der Waals surface area contributed by atoms with Crippen LogP contribution in [-0.2, 0) is 11.3 Å². The maximum Gasteiger partial charge on any atom is 0.120 e. The van der Waals surface area contributed by atoms with Crippen LogP contribution in [0.2, 0.25) is 0 Å². The van der Waals surface area contributed by atoms with Gasteiger partial charge >= 0.3 is 0 Å². The van der Waals surface area contributed by atoms with Crippen LogP contribution in [0.3, 0.4) is 0 Å². The van der Waals surface area contributed by atoms with Gasteiger partial charge in [0.2, 0.25) is 0 Å². The Morgan fingerprint density at radius 1 is 0.720 bits per heavy atom. The first-order chi connectivity index (χ1) is 12.4. The lowest BCUT2D eigenvalue weighted by Crippen LogP contribution is -2.18. The summed E-state index contributed by atoms with van der Waals surface area (Å²) in [4.78, 5) is 0. The molecule has 0 amide bonds. The van der Waals surface area contributed by atoms with Crippen molar-refractivity contribution < 1.29 is 14.2 Å². The monoisotopic (exact) mass is 343 g/mol. The van der Waals surface area contributed by atoms with Crippen LogP contribution in [0.5, 0.6) is 11.5 Å². The van der Waals surface area contributed by atoms with Gasteiger partial charge in [-0.15, -0.1) is 0 Å². The summed E-state index contributed by atoms with van der Waals surface area (Å²) in [6.45, 7) is 4.18. The van der Waals surface area contributed by atoms with Gasteiger partial charge < -0.3 is 19.5 Å². The molecule has 0 heterocycles. The van der Waals surface area contributed by atoms with E-state index in [4.69, 9.17) is 14.2 Å². The molecule has 0 spiro atoms. The molecule has 0 aliphatic carbocycles. The lowest BCUT2D eigenvalue weighted by molar-refractivity contribution is 0.194. The van der Waals surface area contributed by atoms with Crippen LogP contribution >= 0.6 is 0 Å². The van der Waals surface area contributed by atoms with Crippen molar-refractivity contribution in [1.82, 2.24) is 5.32 Å². The van der Waals surface area contributed by atoms with E-state index in [1.807, 2.05) is 42.5 Å². The molecule has 2 aromatic rings. The highest BCUT2D eigenvalue weighted by Gasteiger charge is 1.98. The molecule has 0 radical (unpaired) electrons. The molecule has 0 atom stereocenters. The first kappa shape index (κ1) is 19.3. The van der Waals surface area contributed by atoms with Crippen LogP contribution in [-0.4, -0.2) is 33.4 Å². The van der Waals surface area contributed by atoms with Crippen LogP contribution in [0.25, 0.3) is 0 Å². The number of hydrogen-bond donors (Lipinski definition) is 1. The third-order valence-corrected chi connectivity index (χ3v) is 3.79. The van der Waals surface area contributed by atoms with Gasteiger partial charge in [-0.05, 0) is 62.2 Å². The Morgan fingerprint density at radius 3 is 2.12 bits per heavy atom. The van der Waals surface area contributed by atoms with Crippen molar-refractivity contribution in [3.63, 3.8) is 0 Å². The number of unbranched alkanes of at least 4 members (excludes halogenated alkanes) is 1. The maximum absolute atomic E-state index is 5.77. The standard InChI is InChI=1S/C21H29NO3/c1-23-16-7-15-22-14-5-6-17-24-20-10-12-21(13-11-20)25-18-19-8-3-2-4-9-19/h2-4,8-13,22H,5-7,14-18H2,1H3. The Kier molecular flexibility index (Phi) is 9.52. The number of hydrogen-bond acceptors (Lipinski definition) is 4. The molecule has 4 heteroatoms. The smallest absolute Gasteiger partial charge is 0.120 e. The average molecular weight is 343 g/mol. The maximum atomic E-state index is 5.77. The number of rotatable bonds is 13. The molecular weight excluding hydrogens is 314 g/mol. The van der Waals surface area contributed by atoms with E-state index < -0.39 is 0 Å². The Morgan fingerprint density at radius 2 is 1.40 bits per heavy atom. The van der Waals surface area contributed by atoms with Crippen LogP contribution in [0.1, 0.15) is 24.8 Å². The highest BCUT2D eigenvalue weighted by molar-refractivity contribution is 5.31. The van der Waals surface area contributed by atoms with Crippen molar-refractivity contribution in [2.75, 3.05) is 33.4 Å². The molecule has 4 nitrogen and oxygen atoms in total. The first-order valence-corrected chi connectivity index (χ1v) is 8.98. The van der Waals surface area contributed by atoms with Gasteiger partial charge in [0.25, 0.3) is 0 Å². The fourth-order valence-electron chi connectivity index (χ4n) is 2.38. The summed E-state index contributed by atoms with van der Waals surface area (Å²) >= 11 is 0. The normalized spacial score (nSPS) is 10.6. The van der Waals surface area contributed by atoms with Crippen molar-refractivity contribution in [3.05, 3.63) is 60.2 Å². The lowest BCUT2D eigenvalue weighted by atomic mass is 10.2. The second-order valence-electron chi connectivity index (χ2n) is 5.90. The van der Waals surface area contributed by atoms with Gasteiger partial charge in [0.1, 0.15) is 18.1 Å². The van der Waals surface area contributed by atoms with Crippen molar-refractivity contribution in [2.45, 2.75) is 25.9 Å². The van der Waals surface area contributed by atoms with Crippen molar-refractivity contribution in [1.29, 1.82) is 0 Å². The minimum atomic E-state index is 0.582. The summed E-state index contributed by atoms with van der Waals surface area (Å²) in [6, 6.07) is 18.0. The molecule has 0 fully saturated rings. The predicted molar refractivity (Wildman–Crippen MR) is 101 cm³/mol. The SMILES string of the molecule is COCCCNCCCCOc1ccc(OCc2ccccc2)cc1. The third kappa shape index (κ3) is 8.57. The molecule has 0 bridgehead atoms. The molecule has 136 valence electrons. The van der Waals surface area contributed by atoms with Crippen LogP contribution in [0.4, 0.5) is 0 Å². The summed E-state index contributed by atoms with van der Waals surface area (Å²) < 4.78 is 16.6. The Bertz CT molecular complexity index is 557. The molecule has 25 heavy (non-hydrogen) atoms. The molecule has 2 rings (SSSR count). The summed E-state index contributed by atoms with van der Waals surface area (Å²) in [5, 5.41) is 3.40. The zero-order chi connectivity index (χ0) is 17.6. The van der Waals surface area contributed by atoms with E-state index in [2.05, 4.69) is 17.4 Å². The van der Waals surface area contributed by atoms with Gasteiger partial charge in [0.15, 0.2) is 0 Å². The molecule has 0 saturated heterocycles. The minimum absolute atomic E-state index is 0.582. The number of ether oxygens (including phenoxy) is 3. The predicted octanol–water partition coefficient (Wildman–Crippen LogP) is 4.05. The van der Waals surface area contributed by atoms with E-state index in [0.29, 0.717) is 6.61 Å². The second-order valence-corrected chi connectivity index (χ2v) is 5.90. The summed E-state index contributed by atoms with van der Waals surface area (Å²) in [5.74, 6) is 1.75. The quantitative estimate of drug-likeness (QED) is 0.557. The highest BCUT2D eigenvalue weighted by Crippen LogP contribution is 2.19. The Hall–Kier alpha value is -2.04. The van der Waals surface area contributed by atoms with Gasteiger partial charge in [0.05, 0.1) is 6.61 Å².